The summed E-state index contributed by atoms with van der Waals surface area (Å²) in [6, 6.07) is 6.72. The molecule has 1 N–H and O–H groups in total. The van der Waals surface area contributed by atoms with Gasteiger partial charge in [0.1, 0.15) is 5.75 Å². The molecule has 0 aliphatic carbocycles. The minimum absolute atomic E-state index is 0.312. The fourth-order valence-electron chi connectivity index (χ4n) is 2.20. The molecule has 1 aliphatic heterocycles. The molecule has 0 radical (unpaired) electrons. The maximum atomic E-state index is 5.50. The summed E-state index contributed by atoms with van der Waals surface area (Å²) in [6.07, 6.45) is 0. The molecule has 1 atom stereocenters. The second-order valence-corrected chi connectivity index (χ2v) is 4.74. The lowest BCUT2D eigenvalue weighted by Crippen LogP contribution is -2.34. The highest BCUT2D eigenvalue weighted by Gasteiger charge is 2.17. The molecule has 1 saturated heterocycles. The zero-order chi connectivity index (χ0) is 12.3. The summed E-state index contributed by atoms with van der Waals surface area (Å²) in [4.78, 5) is 0. The summed E-state index contributed by atoms with van der Waals surface area (Å²) in [6.45, 7) is 6.86. The van der Waals surface area contributed by atoms with Gasteiger partial charge in [0.15, 0.2) is 0 Å². The van der Waals surface area contributed by atoms with E-state index in [-0.39, 0.29) is 0 Å². The van der Waals surface area contributed by atoms with Crippen LogP contribution in [0.1, 0.15) is 36.9 Å². The summed E-state index contributed by atoms with van der Waals surface area (Å²) in [5.41, 5.74) is 2.55. The lowest BCUT2D eigenvalue weighted by Gasteiger charge is -2.25. The van der Waals surface area contributed by atoms with Crippen molar-refractivity contribution in [1.29, 1.82) is 0 Å². The van der Waals surface area contributed by atoms with E-state index in [2.05, 4.69) is 37.4 Å². The molecule has 0 saturated carbocycles. The third kappa shape index (κ3) is 2.79. The number of nitrogens with one attached hydrogen (secondary N) is 1. The Morgan fingerprint density at radius 2 is 2.24 bits per heavy atom. The van der Waals surface area contributed by atoms with Crippen LogP contribution < -0.4 is 10.1 Å². The number of hydrogen-bond donors (Lipinski definition) is 1. The normalized spacial score (nSPS) is 20.6. The average molecular weight is 235 g/mol. The third-order valence-electron chi connectivity index (χ3n) is 3.20. The average Bonchev–Trinajstić information content (AvgIpc) is 2.39. The maximum absolute atomic E-state index is 5.50. The van der Waals surface area contributed by atoms with Crippen molar-refractivity contribution in [2.75, 3.05) is 26.9 Å². The number of methoxy groups -OCH3 is 1. The van der Waals surface area contributed by atoms with Crippen LogP contribution in [0.4, 0.5) is 0 Å². The van der Waals surface area contributed by atoms with Crippen LogP contribution in [0.3, 0.4) is 0 Å². The van der Waals surface area contributed by atoms with Gasteiger partial charge in [0.2, 0.25) is 0 Å². The first-order valence-electron chi connectivity index (χ1n) is 6.21. The number of benzene rings is 1. The summed E-state index contributed by atoms with van der Waals surface area (Å²) in [5, 5.41) is 3.47. The van der Waals surface area contributed by atoms with Gasteiger partial charge in [0.05, 0.1) is 26.4 Å². The van der Waals surface area contributed by atoms with Crippen LogP contribution in [0.25, 0.3) is 0 Å². The molecule has 0 aromatic heterocycles. The summed E-state index contributed by atoms with van der Waals surface area (Å²) in [5.74, 6) is 1.44. The first-order valence-corrected chi connectivity index (χ1v) is 6.21. The van der Waals surface area contributed by atoms with E-state index < -0.39 is 0 Å². The van der Waals surface area contributed by atoms with Gasteiger partial charge in [-0.05, 0) is 23.1 Å². The van der Waals surface area contributed by atoms with Crippen LogP contribution in [-0.2, 0) is 4.74 Å². The molecule has 2 rings (SSSR count). The van der Waals surface area contributed by atoms with Crippen molar-refractivity contribution in [2.45, 2.75) is 25.8 Å². The van der Waals surface area contributed by atoms with Gasteiger partial charge in [-0.15, -0.1) is 0 Å². The largest absolute Gasteiger partial charge is 0.496 e. The molecule has 1 aromatic carbocycles. The molecule has 0 spiro atoms. The van der Waals surface area contributed by atoms with Crippen LogP contribution >= 0.6 is 0 Å². The predicted molar refractivity (Wildman–Crippen MR) is 68.6 cm³/mol. The molecule has 1 aromatic rings. The van der Waals surface area contributed by atoms with E-state index in [0.717, 1.165) is 25.5 Å². The second-order valence-electron chi connectivity index (χ2n) is 4.74. The van der Waals surface area contributed by atoms with Crippen molar-refractivity contribution in [3.63, 3.8) is 0 Å². The molecule has 0 amide bonds. The second kappa shape index (κ2) is 5.52. The monoisotopic (exact) mass is 235 g/mol. The lowest BCUT2D eigenvalue weighted by molar-refractivity contribution is 0.0768. The fourth-order valence-corrected chi connectivity index (χ4v) is 2.20. The lowest BCUT2D eigenvalue weighted by atomic mass is 9.96. The Bertz CT molecular complexity index is 370. The van der Waals surface area contributed by atoms with Gasteiger partial charge >= 0.3 is 0 Å². The predicted octanol–water partition coefficient (Wildman–Crippen LogP) is 2.48. The van der Waals surface area contributed by atoms with E-state index in [4.69, 9.17) is 9.47 Å². The molecule has 0 bridgehead atoms. The van der Waals surface area contributed by atoms with Crippen molar-refractivity contribution in [1.82, 2.24) is 5.32 Å². The first-order chi connectivity index (χ1) is 8.22. The Morgan fingerprint density at radius 3 is 2.82 bits per heavy atom. The van der Waals surface area contributed by atoms with Crippen molar-refractivity contribution in [3.05, 3.63) is 29.3 Å². The highest BCUT2D eigenvalue weighted by molar-refractivity contribution is 5.40. The highest BCUT2D eigenvalue weighted by atomic mass is 16.5. The molecule has 1 unspecified atom stereocenters. The van der Waals surface area contributed by atoms with E-state index >= 15 is 0 Å². The minimum Gasteiger partial charge on any atom is -0.496 e. The van der Waals surface area contributed by atoms with Gasteiger partial charge in [-0.2, -0.15) is 0 Å². The van der Waals surface area contributed by atoms with Crippen LogP contribution in [0, 0.1) is 0 Å². The smallest absolute Gasteiger partial charge is 0.122 e. The molecular weight excluding hydrogens is 214 g/mol. The van der Waals surface area contributed by atoms with Gasteiger partial charge in [-0.3, -0.25) is 0 Å². The fraction of sp³-hybridized carbons (Fsp3) is 0.571. The first kappa shape index (κ1) is 12.4. The molecule has 17 heavy (non-hydrogen) atoms. The van der Waals surface area contributed by atoms with E-state index in [1.54, 1.807) is 7.11 Å². The number of ether oxygens (including phenoxy) is 2. The van der Waals surface area contributed by atoms with E-state index in [0.29, 0.717) is 12.0 Å². The number of morpholine rings is 1. The quantitative estimate of drug-likeness (QED) is 0.873. The van der Waals surface area contributed by atoms with E-state index in [9.17, 15) is 0 Å². The molecule has 3 nitrogen and oxygen atoms in total. The van der Waals surface area contributed by atoms with Gasteiger partial charge in [-0.25, -0.2) is 0 Å². The molecule has 1 heterocycles. The maximum Gasteiger partial charge on any atom is 0.122 e. The molecule has 1 aliphatic rings. The van der Waals surface area contributed by atoms with Crippen LogP contribution in [-0.4, -0.2) is 26.9 Å². The Balaban J connectivity index is 2.26. The van der Waals surface area contributed by atoms with Gasteiger partial charge in [0.25, 0.3) is 0 Å². The SMILES string of the molecule is COc1ccc(C2COCCN2)cc1C(C)C. The Labute approximate surface area is 103 Å². The minimum atomic E-state index is 0.312. The van der Waals surface area contributed by atoms with E-state index in [1.807, 2.05) is 0 Å². The highest BCUT2D eigenvalue weighted by Crippen LogP contribution is 2.29. The summed E-state index contributed by atoms with van der Waals surface area (Å²) >= 11 is 0. The summed E-state index contributed by atoms with van der Waals surface area (Å²) in [7, 11) is 1.73. The van der Waals surface area contributed by atoms with Gasteiger partial charge < -0.3 is 14.8 Å². The Hall–Kier alpha value is -1.06. The standard InChI is InChI=1S/C14H21NO2/c1-10(2)12-8-11(4-5-14(12)16-3)13-9-17-7-6-15-13/h4-5,8,10,13,15H,6-7,9H2,1-3H3. The van der Waals surface area contributed by atoms with Crippen LogP contribution in [0.5, 0.6) is 5.75 Å². The van der Waals surface area contributed by atoms with Crippen molar-refractivity contribution in [3.8, 4) is 5.75 Å². The molecule has 94 valence electrons. The van der Waals surface area contributed by atoms with E-state index in [1.165, 1.54) is 11.1 Å². The van der Waals surface area contributed by atoms with Crippen LogP contribution in [0.15, 0.2) is 18.2 Å². The number of rotatable bonds is 3. The Morgan fingerprint density at radius 1 is 1.41 bits per heavy atom. The third-order valence-corrected chi connectivity index (χ3v) is 3.20. The van der Waals surface area contributed by atoms with Crippen LogP contribution in [0.2, 0.25) is 0 Å². The zero-order valence-corrected chi connectivity index (χ0v) is 10.8. The zero-order valence-electron chi connectivity index (χ0n) is 10.8. The topological polar surface area (TPSA) is 30.5 Å². The molecule has 3 heteroatoms. The van der Waals surface area contributed by atoms with Crippen molar-refractivity contribution < 1.29 is 9.47 Å². The van der Waals surface area contributed by atoms with Crippen molar-refractivity contribution in [2.24, 2.45) is 0 Å². The van der Waals surface area contributed by atoms with Gasteiger partial charge in [-0.1, -0.05) is 26.0 Å². The van der Waals surface area contributed by atoms with Crippen molar-refractivity contribution >= 4 is 0 Å². The summed E-state index contributed by atoms with van der Waals surface area (Å²) < 4.78 is 10.9. The molecular formula is C14H21NO2. The molecule has 1 fully saturated rings. The van der Waals surface area contributed by atoms with Gasteiger partial charge in [0, 0.05) is 6.54 Å². The number of hydrogen-bond acceptors (Lipinski definition) is 3. The Kier molecular flexibility index (Phi) is 4.02.